The van der Waals surface area contributed by atoms with Gasteiger partial charge in [0.25, 0.3) is 0 Å². The molecule has 0 unspecified atom stereocenters. The number of nitrogens with zero attached hydrogens (tertiary/aromatic N) is 3. The van der Waals surface area contributed by atoms with Crippen LogP contribution in [0.4, 0.5) is 0 Å². The quantitative estimate of drug-likeness (QED) is 0.864. The number of hydrogen-bond donors (Lipinski definition) is 0. The Morgan fingerprint density at radius 3 is 2.95 bits per heavy atom. The van der Waals surface area contributed by atoms with E-state index >= 15 is 0 Å². The highest BCUT2D eigenvalue weighted by molar-refractivity contribution is 7.11. The van der Waals surface area contributed by atoms with Gasteiger partial charge in [-0.25, -0.2) is 0 Å². The summed E-state index contributed by atoms with van der Waals surface area (Å²) in [5.41, 5.74) is 2.85. The Labute approximate surface area is 124 Å². The van der Waals surface area contributed by atoms with Crippen molar-refractivity contribution in [2.24, 2.45) is 0 Å². The zero-order valence-corrected chi connectivity index (χ0v) is 13.0. The molecule has 1 atom stereocenters. The van der Waals surface area contributed by atoms with Gasteiger partial charge in [-0.3, -0.25) is 4.90 Å². The van der Waals surface area contributed by atoms with Gasteiger partial charge in [0, 0.05) is 6.54 Å². The molecular weight excluding hydrogens is 266 g/mol. The maximum absolute atomic E-state index is 4.25. The average molecular weight is 287 g/mol. The topological polar surface area (TPSA) is 29.0 Å². The molecule has 3 rings (SSSR count). The zero-order valence-electron chi connectivity index (χ0n) is 12.2. The van der Waals surface area contributed by atoms with Gasteiger partial charge < -0.3 is 0 Å². The first-order valence-corrected chi connectivity index (χ1v) is 8.10. The minimum Gasteiger partial charge on any atom is -0.296 e. The molecule has 0 saturated carbocycles. The van der Waals surface area contributed by atoms with E-state index in [1.807, 2.05) is 6.92 Å². The fourth-order valence-electron chi connectivity index (χ4n) is 2.99. The van der Waals surface area contributed by atoms with Gasteiger partial charge in [-0.15, -0.1) is 21.5 Å². The number of aryl methyl sites for hydroxylation is 2. The van der Waals surface area contributed by atoms with E-state index in [-0.39, 0.29) is 0 Å². The van der Waals surface area contributed by atoms with Crippen LogP contribution < -0.4 is 0 Å². The zero-order chi connectivity index (χ0) is 13.9. The monoisotopic (exact) mass is 287 g/mol. The molecule has 0 N–H and O–H groups in total. The molecule has 0 spiro atoms. The second-order valence-corrected chi connectivity index (χ2v) is 6.97. The summed E-state index contributed by atoms with van der Waals surface area (Å²) in [4.78, 5) is 2.52. The third kappa shape index (κ3) is 3.25. The highest BCUT2D eigenvalue weighted by Crippen LogP contribution is 2.28. The standard InChI is InChI=1S/C16H21N3S/c1-12-5-3-6-14(9-12)15-7-4-8-19(10-15)11-16-18-17-13(2)20-16/h3,5-6,9,15H,4,7-8,10-11H2,1-2H3/t15-/m0/s1. The van der Waals surface area contributed by atoms with E-state index in [4.69, 9.17) is 0 Å². The van der Waals surface area contributed by atoms with Crippen molar-refractivity contribution in [3.8, 4) is 0 Å². The molecule has 20 heavy (non-hydrogen) atoms. The maximum Gasteiger partial charge on any atom is 0.131 e. The molecular formula is C16H21N3S. The lowest BCUT2D eigenvalue weighted by Gasteiger charge is -2.32. The summed E-state index contributed by atoms with van der Waals surface area (Å²) in [6.45, 7) is 7.47. The predicted molar refractivity (Wildman–Crippen MR) is 83.1 cm³/mol. The van der Waals surface area contributed by atoms with Gasteiger partial charge in [-0.05, 0) is 44.7 Å². The van der Waals surface area contributed by atoms with E-state index in [0.29, 0.717) is 5.92 Å². The molecule has 2 aromatic rings. The second kappa shape index (κ2) is 6.02. The first kappa shape index (κ1) is 13.7. The summed E-state index contributed by atoms with van der Waals surface area (Å²) in [6.07, 6.45) is 2.57. The third-order valence-electron chi connectivity index (χ3n) is 3.95. The third-order valence-corrected chi connectivity index (χ3v) is 4.77. The number of rotatable bonds is 3. The molecule has 0 amide bonds. The fraction of sp³-hybridized carbons (Fsp3) is 0.500. The molecule has 106 valence electrons. The Morgan fingerprint density at radius 2 is 2.20 bits per heavy atom. The van der Waals surface area contributed by atoms with E-state index in [0.717, 1.165) is 23.1 Å². The molecule has 0 radical (unpaired) electrons. The summed E-state index contributed by atoms with van der Waals surface area (Å²) in [7, 11) is 0. The molecule has 4 heteroatoms. The molecule has 1 aromatic heterocycles. The first-order valence-electron chi connectivity index (χ1n) is 7.28. The fourth-order valence-corrected chi connectivity index (χ4v) is 3.74. The van der Waals surface area contributed by atoms with Gasteiger partial charge in [-0.2, -0.15) is 0 Å². The molecule has 0 aliphatic carbocycles. The molecule has 1 aliphatic heterocycles. The maximum atomic E-state index is 4.25. The number of hydrogen-bond acceptors (Lipinski definition) is 4. The van der Waals surface area contributed by atoms with Crippen LogP contribution in [0.2, 0.25) is 0 Å². The van der Waals surface area contributed by atoms with Crippen molar-refractivity contribution >= 4 is 11.3 Å². The van der Waals surface area contributed by atoms with E-state index in [1.54, 1.807) is 11.3 Å². The van der Waals surface area contributed by atoms with Crippen LogP contribution in [0.5, 0.6) is 0 Å². The minimum atomic E-state index is 0.665. The van der Waals surface area contributed by atoms with Crippen LogP contribution in [0, 0.1) is 13.8 Å². The summed E-state index contributed by atoms with van der Waals surface area (Å²) < 4.78 is 0. The normalized spacial score (nSPS) is 20.2. The van der Waals surface area contributed by atoms with Crippen LogP contribution in [-0.4, -0.2) is 28.2 Å². The lowest BCUT2D eigenvalue weighted by atomic mass is 9.90. The van der Waals surface area contributed by atoms with Gasteiger partial charge >= 0.3 is 0 Å². The van der Waals surface area contributed by atoms with Crippen molar-refractivity contribution < 1.29 is 0 Å². The summed E-state index contributed by atoms with van der Waals surface area (Å²) >= 11 is 1.72. The van der Waals surface area contributed by atoms with Crippen molar-refractivity contribution in [1.29, 1.82) is 0 Å². The number of aromatic nitrogens is 2. The molecule has 3 nitrogen and oxygen atoms in total. The van der Waals surface area contributed by atoms with Gasteiger partial charge in [0.15, 0.2) is 0 Å². The Balaban J connectivity index is 1.67. The van der Waals surface area contributed by atoms with Crippen LogP contribution >= 0.6 is 11.3 Å². The lowest BCUT2D eigenvalue weighted by molar-refractivity contribution is 0.199. The molecule has 1 aliphatic rings. The van der Waals surface area contributed by atoms with Crippen molar-refractivity contribution in [1.82, 2.24) is 15.1 Å². The Hall–Kier alpha value is -1.26. The highest BCUT2D eigenvalue weighted by atomic mass is 32.1. The highest BCUT2D eigenvalue weighted by Gasteiger charge is 2.22. The average Bonchev–Trinajstić information content (AvgIpc) is 2.84. The summed E-state index contributed by atoms with van der Waals surface area (Å²) in [5, 5.41) is 10.6. The van der Waals surface area contributed by atoms with E-state index in [2.05, 4.69) is 46.3 Å². The van der Waals surface area contributed by atoms with Crippen molar-refractivity contribution in [2.75, 3.05) is 13.1 Å². The molecule has 2 heterocycles. The molecule has 1 saturated heterocycles. The Bertz CT molecular complexity index is 579. The van der Waals surface area contributed by atoms with Crippen molar-refractivity contribution in [3.05, 3.63) is 45.4 Å². The number of likely N-dealkylation sites (tertiary alicyclic amines) is 1. The van der Waals surface area contributed by atoms with Crippen LogP contribution in [0.3, 0.4) is 0 Å². The van der Waals surface area contributed by atoms with Gasteiger partial charge in [0.2, 0.25) is 0 Å². The van der Waals surface area contributed by atoms with Crippen LogP contribution in [0.1, 0.15) is 39.9 Å². The summed E-state index contributed by atoms with van der Waals surface area (Å²) in [5.74, 6) is 0.665. The Kier molecular flexibility index (Phi) is 4.13. The van der Waals surface area contributed by atoms with Crippen LogP contribution in [-0.2, 0) is 6.54 Å². The SMILES string of the molecule is Cc1cccc([C@H]2CCCN(Cc3nnc(C)s3)C2)c1. The number of piperidine rings is 1. The molecule has 0 bridgehead atoms. The van der Waals surface area contributed by atoms with Crippen LogP contribution in [0.15, 0.2) is 24.3 Å². The minimum absolute atomic E-state index is 0.665. The largest absolute Gasteiger partial charge is 0.296 e. The first-order chi connectivity index (χ1) is 9.70. The smallest absolute Gasteiger partial charge is 0.131 e. The van der Waals surface area contributed by atoms with Gasteiger partial charge in [0.05, 0.1) is 6.54 Å². The second-order valence-electron chi connectivity index (χ2n) is 5.70. The number of benzene rings is 1. The Morgan fingerprint density at radius 1 is 1.30 bits per heavy atom. The van der Waals surface area contributed by atoms with Crippen molar-refractivity contribution in [3.63, 3.8) is 0 Å². The van der Waals surface area contributed by atoms with Gasteiger partial charge in [0.1, 0.15) is 10.0 Å². The molecule has 1 fully saturated rings. The summed E-state index contributed by atoms with van der Waals surface area (Å²) in [6, 6.07) is 8.96. The van der Waals surface area contributed by atoms with E-state index in [1.165, 1.54) is 30.5 Å². The predicted octanol–water partition coefficient (Wildman–Crippen LogP) is 3.53. The van der Waals surface area contributed by atoms with E-state index < -0.39 is 0 Å². The van der Waals surface area contributed by atoms with Crippen molar-refractivity contribution in [2.45, 2.75) is 39.2 Å². The van der Waals surface area contributed by atoms with E-state index in [9.17, 15) is 0 Å². The van der Waals surface area contributed by atoms with Gasteiger partial charge in [-0.1, -0.05) is 29.8 Å². The molecule has 1 aromatic carbocycles. The lowest BCUT2D eigenvalue weighted by Crippen LogP contribution is -2.33. The van der Waals surface area contributed by atoms with Crippen LogP contribution in [0.25, 0.3) is 0 Å².